The Bertz CT molecular complexity index is 368. The van der Waals surface area contributed by atoms with Gasteiger partial charge in [-0.3, -0.25) is 4.90 Å². The van der Waals surface area contributed by atoms with Crippen LogP contribution in [0.1, 0.15) is 38.4 Å². The summed E-state index contributed by atoms with van der Waals surface area (Å²) in [5.74, 6) is 0. The molecule has 16 heavy (non-hydrogen) atoms. The van der Waals surface area contributed by atoms with E-state index in [-0.39, 0.29) is 0 Å². The summed E-state index contributed by atoms with van der Waals surface area (Å²) in [4.78, 5) is 6.44. The second-order valence-corrected chi connectivity index (χ2v) is 3.94. The van der Waals surface area contributed by atoms with E-state index in [1.165, 1.54) is 0 Å². The van der Waals surface area contributed by atoms with Crippen molar-refractivity contribution in [2.24, 2.45) is 0 Å². The van der Waals surface area contributed by atoms with Gasteiger partial charge in [0.2, 0.25) is 0 Å². The summed E-state index contributed by atoms with van der Waals surface area (Å²) >= 11 is 0. The average molecular weight is 217 g/mol. The Balaban J connectivity index is 2.82. The van der Waals surface area contributed by atoms with Gasteiger partial charge in [-0.25, -0.2) is 4.98 Å². The van der Waals surface area contributed by atoms with E-state index in [1.54, 1.807) is 6.20 Å². The van der Waals surface area contributed by atoms with Crippen LogP contribution in [0.2, 0.25) is 0 Å². The molecule has 0 fully saturated rings. The molecule has 0 aliphatic heterocycles. The molecule has 1 aromatic rings. The molecule has 0 amide bonds. The molecule has 3 nitrogen and oxygen atoms in total. The van der Waals surface area contributed by atoms with Gasteiger partial charge in [0.15, 0.2) is 0 Å². The topological polar surface area (TPSA) is 39.9 Å². The van der Waals surface area contributed by atoms with E-state index in [1.807, 2.05) is 12.1 Å². The third-order valence-electron chi connectivity index (χ3n) is 2.99. The van der Waals surface area contributed by atoms with Crippen LogP contribution >= 0.6 is 0 Å². The van der Waals surface area contributed by atoms with Crippen molar-refractivity contribution in [2.45, 2.75) is 39.8 Å². The molecule has 1 unspecified atom stereocenters. The molecular weight excluding hydrogens is 198 g/mol. The number of nitriles is 1. The van der Waals surface area contributed by atoms with Crippen molar-refractivity contribution in [3.05, 3.63) is 29.6 Å². The number of hydrogen-bond acceptors (Lipinski definition) is 3. The third kappa shape index (κ3) is 3.04. The van der Waals surface area contributed by atoms with Gasteiger partial charge < -0.3 is 0 Å². The zero-order valence-corrected chi connectivity index (χ0v) is 10.3. The van der Waals surface area contributed by atoms with E-state index in [0.29, 0.717) is 11.7 Å². The molecule has 1 atom stereocenters. The molecule has 0 N–H and O–H groups in total. The van der Waals surface area contributed by atoms with Crippen molar-refractivity contribution in [1.29, 1.82) is 5.26 Å². The monoisotopic (exact) mass is 217 g/mol. The molecule has 1 aromatic heterocycles. The maximum absolute atomic E-state index is 8.97. The third-order valence-corrected chi connectivity index (χ3v) is 2.99. The van der Waals surface area contributed by atoms with Crippen LogP contribution in [0.5, 0.6) is 0 Å². The van der Waals surface area contributed by atoms with Crippen molar-refractivity contribution in [3.8, 4) is 6.07 Å². The summed E-state index contributed by atoms with van der Waals surface area (Å²) in [7, 11) is 0. The van der Waals surface area contributed by atoms with E-state index < -0.39 is 0 Å². The molecular formula is C13H19N3. The quantitative estimate of drug-likeness (QED) is 0.761. The summed E-state index contributed by atoms with van der Waals surface area (Å²) < 4.78 is 0. The lowest BCUT2D eigenvalue weighted by molar-refractivity contribution is 0.205. The van der Waals surface area contributed by atoms with Gasteiger partial charge in [-0.2, -0.15) is 5.26 Å². The number of nitrogens with zero attached hydrogens (tertiary/aromatic N) is 3. The molecule has 0 bridgehead atoms. The van der Waals surface area contributed by atoms with Crippen LogP contribution in [0.4, 0.5) is 0 Å². The Kier molecular flexibility index (Phi) is 4.94. The fraction of sp³-hybridized carbons (Fsp3) is 0.538. The lowest BCUT2D eigenvalue weighted by Gasteiger charge is -2.27. The highest BCUT2D eigenvalue weighted by molar-refractivity contribution is 5.30. The molecule has 0 aliphatic carbocycles. The molecule has 0 saturated heterocycles. The first kappa shape index (κ1) is 12.7. The number of pyridine rings is 1. The first-order valence-corrected chi connectivity index (χ1v) is 5.80. The van der Waals surface area contributed by atoms with Crippen LogP contribution in [-0.2, 0) is 6.54 Å². The normalized spacial score (nSPS) is 12.4. The van der Waals surface area contributed by atoms with Crippen LogP contribution in [0.3, 0.4) is 0 Å². The number of hydrogen-bond donors (Lipinski definition) is 0. The maximum Gasteiger partial charge on any atom is 0.144 e. The van der Waals surface area contributed by atoms with Crippen molar-refractivity contribution < 1.29 is 0 Å². The standard InChI is InChI=1S/C13H19N3/c1-4-11(3)16(5-2)10-12-7-6-8-15-13(12)9-14/h6-8,11H,4-5,10H2,1-3H3. The van der Waals surface area contributed by atoms with Gasteiger partial charge >= 0.3 is 0 Å². The smallest absolute Gasteiger partial charge is 0.144 e. The van der Waals surface area contributed by atoms with Crippen LogP contribution in [0, 0.1) is 11.3 Å². The van der Waals surface area contributed by atoms with Gasteiger partial charge in [0.1, 0.15) is 11.8 Å². The predicted octanol–water partition coefficient (Wildman–Crippen LogP) is 2.57. The Hall–Kier alpha value is -1.40. The van der Waals surface area contributed by atoms with Crippen molar-refractivity contribution >= 4 is 0 Å². The molecule has 86 valence electrons. The van der Waals surface area contributed by atoms with E-state index in [4.69, 9.17) is 5.26 Å². The molecule has 1 rings (SSSR count). The summed E-state index contributed by atoms with van der Waals surface area (Å²) in [6.07, 6.45) is 2.79. The highest BCUT2D eigenvalue weighted by atomic mass is 15.1. The zero-order chi connectivity index (χ0) is 12.0. The van der Waals surface area contributed by atoms with Gasteiger partial charge in [-0.15, -0.1) is 0 Å². The van der Waals surface area contributed by atoms with E-state index in [2.05, 4.69) is 36.7 Å². The maximum atomic E-state index is 8.97. The largest absolute Gasteiger partial charge is 0.297 e. The highest BCUT2D eigenvalue weighted by Crippen LogP contribution is 2.12. The van der Waals surface area contributed by atoms with Gasteiger partial charge in [-0.05, 0) is 26.0 Å². The van der Waals surface area contributed by atoms with Crippen LogP contribution in [0.15, 0.2) is 18.3 Å². The Labute approximate surface area is 97.7 Å². The minimum Gasteiger partial charge on any atom is -0.297 e. The van der Waals surface area contributed by atoms with Crippen LogP contribution in [0.25, 0.3) is 0 Å². The molecule has 0 saturated carbocycles. The first-order chi connectivity index (χ1) is 7.72. The SMILES string of the molecule is CCC(C)N(CC)Cc1cccnc1C#N. The first-order valence-electron chi connectivity index (χ1n) is 5.80. The summed E-state index contributed by atoms with van der Waals surface area (Å²) in [5, 5.41) is 8.97. The zero-order valence-electron chi connectivity index (χ0n) is 10.3. The van der Waals surface area contributed by atoms with Gasteiger partial charge in [0, 0.05) is 24.3 Å². The molecule has 1 heterocycles. The number of rotatable bonds is 5. The number of aromatic nitrogens is 1. The molecule has 0 radical (unpaired) electrons. The van der Waals surface area contributed by atoms with Crippen molar-refractivity contribution in [1.82, 2.24) is 9.88 Å². The van der Waals surface area contributed by atoms with Gasteiger partial charge in [0.05, 0.1) is 0 Å². The van der Waals surface area contributed by atoms with E-state index in [0.717, 1.165) is 25.1 Å². The van der Waals surface area contributed by atoms with Crippen molar-refractivity contribution in [2.75, 3.05) is 6.54 Å². The average Bonchev–Trinajstić information content (AvgIpc) is 2.35. The van der Waals surface area contributed by atoms with Crippen LogP contribution < -0.4 is 0 Å². The molecule has 3 heteroatoms. The fourth-order valence-electron chi connectivity index (χ4n) is 1.72. The summed E-state index contributed by atoms with van der Waals surface area (Å²) in [6.45, 7) is 8.35. The van der Waals surface area contributed by atoms with E-state index >= 15 is 0 Å². The molecule has 0 aliphatic rings. The van der Waals surface area contributed by atoms with Crippen LogP contribution in [-0.4, -0.2) is 22.5 Å². The summed E-state index contributed by atoms with van der Waals surface area (Å²) in [5.41, 5.74) is 1.57. The minimum absolute atomic E-state index is 0.539. The second kappa shape index (κ2) is 6.24. The molecule has 0 spiro atoms. The van der Waals surface area contributed by atoms with Gasteiger partial charge in [-0.1, -0.05) is 19.9 Å². The van der Waals surface area contributed by atoms with Gasteiger partial charge in [0.25, 0.3) is 0 Å². The van der Waals surface area contributed by atoms with Crippen molar-refractivity contribution in [3.63, 3.8) is 0 Å². The Morgan fingerprint density at radius 3 is 2.81 bits per heavy atom. The fourth-order valence-corrected chi connectivity index (χ4v) is 1.72. The minimum atomic E-state index is 0.539. The molecule has 0 aromatic carbocycles. The van der Waals surface area contributed by atoms with E-state index in [9.17, 15) is 0 Å². The lowest BCUT2D eigenvalue weighted by Crippen LogP contribution is -2.32. The lowest BCUT2D eigenvalue weighted by atomic mass is 10.1. The second-order valence-electron chi connectivity index (χ2n) is 3.94. The summed E-state index contributed by atoms with van der Waals surface area (Å²) in [6, 6.07) is 6.56. The predicted molar refractivity (Wildman–Crippen MR) is 64.8 cm³/mol. The Morgan fingerprint density at radius 1 is 1.50 bits per heavy atom. The Morgan fingerprint density at radius 2 is 2.25 bits per heavy atom. The highest BCUT2D eigenvalue weighted by Gasteiger charge is 2.12.